The average molecular weight is 1820 g/mol. The molecule has 0 spiro atoms. The molecule has 0 bridgehead atoms. The Balaban J connectivity index is 0.000000398. The van der Waals surface area contributed by atoms with Gasteiger partial charge in [0.2, 0.25) is 12.6 Å². The van der Waals surface area contributed by atoms with Crippen LogP contribution in [0.2, 0.25) is 50.2 Å². The van der Waals surface area contributed by atoms with Gasteiger partial charge in [-0.2, -0.15) is 8.42 Å². The van der Waals surface area contributed by atoms with Crippen molar-refractivity contribution in [3.05, 3.63) is 205 Å². The predicted octanol–water partition coefficient (Wildman–Crippen LogP) is 18.9. The van der Waals surface area contributed by atoms with Gasteiger partial charge in [0.25, 0.3) is 10.1 Å². The number of hydrogen-bond acceptors (Lipinski definition) is 15. The maximum Gasteiger partial charge on any atom is 0.511 e. The monoisotopic (exact) mass is 1810 g/mol. The number of halogens is 10. The molecular formula is C74H93AgCl10N4O16S2+3. The van der Waals surface area contributed by atoms with Crippen LogP contribution in [-0.4, -0.2) is 173 Å². The molecule has 6 aromatic carbocycles. The van der Waals surface area contributed by atoms with E-state index < -0.39 is 57.1 Å². The minimum Gasteiger partial charge on any atom is -0.748 e. The molecule has 20 nitrogen and oxygen atoms in total. The van der Waals surface area contributed by atoms with Gasteiger partial charge in [0.05, 0.1) is 113 Å². The third-order valence-corrected chi connectivity index (χ3v) is 20.6. The van der Waals surface area contributed by atoms with Crippen LogP contribution in [0.4, 0.5) is 9.59 Å². The molecule has 2 aliphatic heterocycles. The number of ether oxygens (including phenoxy) is 6. The first-order valence-electron chi connectivity index (χ1n) is 34.2. The number of likely N-dealkylation sites (N-methyl/N-ethyl adjacent to an activating group) is 2. The largest absolute Gasteiger partial charge is 0.748 e. The average Bonchev–Trinajstić information content (AvgIpc) is 0.727. The van der Waals surface area contributed by atoms with Crippen LogP contribution in [0.15, 0.2) is 121 Å². The Labute approximate surface area is 695 Å². The molecule has 2 aliphatic rings. The van der Waals surface area contributed by atoms with Crippen LogP contribution < -0.4 is 0 Å². The fourth-order valence-corrected chi connectivity index (χ4v) is 14.5. The first-order chi connectivity index (χ1) is 49.7. The van der Waals surface area contributed by atoms with E-state index in [1.54, 1.807) is 24.3 Å². The summed E-state index contributed by atoms with van der Waals surface area (Å²) in [5.41, 5.74) is 6.25. The van der Waals surface area contributed by atoms with Crippen molar-refractivity contribution >= 4 is 160 Å². The zero-order valence-corrected chi connectivity index (χ0v) is 71.0. The summed E-state index contributed by atoms with van der Waals surface area (Å²) in [7, 11) is -3.45. The van der Waals surface area contributed by atoms with Crippen molar-refractivity contribution in [2.45, 2.75) is 130 Å². The molecule has 1 N–H and O–H groups in total. The van der Waals surface area contributed by atoms with E-state index >= 15 is 0 Å². The number of hydrogen-bond donors (Lipinski definition) is 1. The Morgan fingerprint density at radius 1 is 0.449 bits per heavy atom. The molecular weight excluding hydrogens is 1730 g/mol. The molecule has 4 atom stereocenters. The number of piperidine rings is 2. The zero-order valence-electron chi connectivity index (χ0n) is 60.3. The molecule has 4 unspecified atom stereocenters. The minimum atomic E-state index is -3.92. The SMILES string of the molecule is CC(OC(=O)CCC[N+]1(Cc2ccc(Cl)cc2Cl)CCCCC1)OC(=O)OCC[N+](C)(Cc1ccc(Cl)cc1)Cc1ccc(Cl)c(Cl)c1.CC(OC(=O)CCC[N+]1(Cc2ccc(Cl)cc2Cl)CCCCC1)OC(=O)OCC[N+](C)(Cc1ccc(Cl)cc1)Cc1ccc(Cl)c(Cl)c1.CS(=O)(=O)O.CS(=O)(=O)[O-].[Ag]. The van der Waals surface area contributed by atoms with Crippen molar-refractivity contribution in [1.29, 1.82) is 0 Å². The molecule has 6 aromatic rings. The smallest absolute Gasteiger partial charge is 0.511 e. The van der Waals surface area contributed by atoms with E-state index in [-0.39, 0.29) is 48.4 Å². The van der Waals surface area contributed by atoms with Crippen molar-refractivity contribution in [3.8, 4) is 0 Å². The van der Waals surface area contributed by atoms with E-state index in [9.17, 15) is 27.6 Å². The Morgan fingerprint density at radius 2 is 0.748 bits per heavy atom. The van der Waals surface area contributed by atoms with Crippen molar-refractivity contribution in [1.82, 2.24) is 0 Å². The maximum atomic E-state index is 12.7. The summed E-state index contributed by atoms with van der Waals surface area (Å²) in [5.74, 6) is -0.854. The van der Waals surface area contributed by atoms with Gasteiger partial charge in [-0.3, -0.25) is 14.1 Å². The number of benzene rings is 6. The Kier molecular flexibility index (Phi) is 41.3. The van der Waals surface area contributed by atoms with Gasteiger partial charge in [0, 0.05) is 109 Å². The van der Waals surface area contributed by atoms with Crippen molar-refractivity contribution in [3.63, 3.8) is 0 Å². The summed E-state index contributed by atoms with van der Waals surface area (Å²) in [6.45, 7) is 14.0. The molecule has 2 heterocycles. The third kappa shape index (κ3) is 38.9. The first-order valence-corrected chi connectivity index (χ1v) is 41.6. The number of quaternary nitrogens is 4. The molecule has 8 rings (SSSR count). The second-order valence-electron chi connectivity index (χ2n) is 27.2. The van der Waals surface area contributed by atoms with E-state index in [2.05, 4.69) is 14.1 Å². The predicted molar refractivity (Wildman–Crippen MR) is 418 cm³/mol. The van der Waals surface area contributed by atoms with Crippen LogP contribution in [0.3, 0.4) is 0 Å². The number of esters is 2. The Morgan fingerprint density at radius 3 is 1.06 bits per heavy atom. The zero-order chi connectivity index (χ0) is 78.5. The standard InChI is InChI=1S/2C36H43Cl5N2O5.2CH4O3S.Ag/c2*1-26(47-35(44)7-6-18-43(16-4-3-5-17-43)25-29-11-14-31(38)22-33(29)40)48-36(45)46-20-19-42(2,23-27-8-12-30(37)13-9-27)24-28-10-15-32(39)34(41)21-28;2*1-5(2,3)4;/h2*8-15,21-22,26H,3-7,16-20,23-25H2,1-2H3;2*1H3,(H,2,3,4);/q2*+2;;;/p-1. The van der Waals surface area contributed by atoms with Gasteiger partial charge in [-0.25, -0.2) is 18.0 Å². The first kappa shape index (κ1) is 95.5. The molecule has 2 saturated heterocycles. The number of carbonyl (C=O) groups excluding carboxylic acids is 4. The van der Waals surface area contributed by atoms with Gasteiger partial charge < -0.3 is 50.9 Å². The minimum absolute atomic E-state index is 0. The summed E-state index contributed by atoms with van der Waals surface area (Å²) in [4.78, 5) is 50.4. The molecule has 0 aromatic heterocycles. The molecule has 1 radical (unpaired) electrons. The van der Waals surface area contributed by atoms with E-state index in [0.717, 1.165) is 120 Å². The van der Waals surface area contributed by atoms with Crippen molar-refractivity contribution < 1.29 is 114 Å². The molecule has 2 fully saturated rings. The van der Waals surface area contributed by atoms with Gasteiger partial charge in [-0.15, -0.1) is 0 Å². The second-order valence-corrected chi connectivity index (χ2v) is 34.3. The van der Waals surface area contributed by atoms with Crippen LogP contribution in [0.25, 0.3) is 0 Å². The molecule has 595 valence electrons. The number of rotatable bonds is 30. The van der Waals surface area contributed by atoms with Gasteiger partial charge in [0.15, 0.2) is 0 Å². The van der Waals surface area contributed by atoms with Gasteiger partial charge >= 0.3 is 24.2 Å². The van der Waals surface area contributed by atoms with E-state index in [1.807, 2.05) is 97.1 Å². The summed E-state index contributed by atoms with van der Waals surface area (Å²) in [6.07, 6.45) is 6.03. The van der Waals surface area contributed by atoms with Crippen LogP contribution >= 0.6 is 116 Å². The summed E-state index contributed by atoms with van der Waals surface area (Å²) < 4.78 is 87.9. The Hall–Kier alpha value is -3.90. The summed E-state index contributed by atoms with van der Waals surface area (Å²) in [5, 5.41) is 5.80. The Bertz CT molecular complexity index is 3800. The number of nitrogens with zero attached hydrogens (tertiary/aromatic N) is 4. The second kappa shape index (κ2) is 46.3. The topological polar surface area (TPSA) is 235 Å². The van der Waals surface area contributed by atoms with Crippen LogP contribution in [-0.2, 0) is 120 Å². The molecule has 33 heteroatoms. The van der Waals surface area contributed by atoms with E-state index in [1.165, 1.54) is 26.7 Å². The van der Waals surface area contributed by atoms with Crippen LogP contribution in [0.5, 0.6) is 0 Å². The normalized spacial score (nSPS) is 15.5. The summed E-state index contributed by atoms with van der Waals surface area (Å²) in [6, 6.07) is 37.6. The molecule has 0 aliphatic carbocycles. The van der Waals surface area contributed by atoms with Crippen LogP contribution in [0.1, 0.15) is 111 Å². The molecule has 0 amide bonds. The summed E-state index contributed by atoms with van der Waals surface area (Å²) >= 11 is 62.2. The fraction of sp³-hybridized carbons (Fsp3) is 0.459. The molecule has 107 heavy (non-hydrogen) atoms. The van der Waals surface area contributed by atoms with Gasteiger partial charge in [-0.05, 0) is 111 Å². The van der Waals surface area contributed by atoms with Crippen LogP contribution in [0, 0.1) is 0 Å². The van der Waals surface area contributed by atoms with E-state index in [0.29, 0.717) is 124 Å². The van der Waals surface area contributed by atoms with Crippen molar-refractivity contribution in [2.24, 2.45) is 0 Å². The third-order valence-electron chi connectivity index (χ3n) is 17.5. The van der Waals surface area contributed by atoms with Crippen molar-refractivity contribution in [2.75, 3.05) is 92.2 Å². The quantitative estimate of drug-likeness (QED) is 0.0110. The van der Waals surface area contributed by atoms with Gasteiger partial charge in [-0.1, -0.05) is 165 Å². The fourth-order valence-electron chi connectivity index (χ4n) is 12.6. The number of likely N-dealkylation sites (tertiary alicyclic amines) is 2. The maximum absolute atomic E-state index is 12.7. The number of carbonyl (C=O) groups is 4. The molecule has 0 saturated carbocycles. The van der Waals surface area contributed by atoms with Gasteiger partial charge in [0.1, 0.15) is 65.6 Å². The van der Waals surface area contributed by atoms with E-state index in [4.69, 9.17) is 162 Å².